The molecule has 0 unspecified atom stereocenters. The first-order chi connectivity index (χ1) is 15.7. The van der Waals surface area contributed by atoms with Crippen molar-refractivity contribution >= 4 is 27.5 Å². The van der Waals surface area contributed by atoms with E-state index in [0.29, 0.717) is 18.1 Å². The van der Waals surface area contributed by atoms with Crippen LogP contribution in [0.15, 0.2) is 65.5 Å². The van der Waals surface area contributed by atoms with Gasteiger partial charge in [-0.3, -0.25) is 9.69 Å². The first-order valence-corrected chi connectivity index (χ1v) is 10.9. The largest absolute Gasteiger partial charge is 0.478 e. The summed E-state index contributed by atoms with van der Waals surface area (Å²) in [4.78, 5) is 23.3. The number of piperazine rings is 1. The lowest BCUT2D eigenvalue weighted by atomic mass is 10.1. The number of ether oxygens (including phenoxy) is 1. The monoisotopic (exact) mass is 432 g/mol. The highest BCUT2D eigenvalue weighted by atomic mass is 19.1. The molecule has 0 atom stereocenters. The average Bonchev–Trinajstić information content (AvgIpc) is 2.81. The molecule has 1 aliphatic rings. The van der Waals surface area contributed by atoms with E-state index < -0.39 is 0 Å². The van der Waals surface area contributed by atoms with Crippen molar-refractivity contribution in [3.05, 3.63) is 76.8 Å². The zero-order valence-corrected chi connectivity index (χ0v) is 17.8. The molecule has 2 aromatic carbocycles. The first-order valence-electron chi connectivity index (χ1n) is 10.9. The molecule has 0 aliphatic carbocycles. The maximum atomic E-state index is 13.8. The Balaban J connectivity index is 1.12. The minimum Gasteiger partial charge on any atom is -0.478 e. The molecule has 7 heteroatoms. The second kappa shape index (κ2) is 8.96. The highest BCUT2D eigenvalue weighted by molar-refractivity contribution is 5.94. The van der Waals surface area contributed by atoms with Gasteiger partial charge in [0.2, 0.25) is 11.4 Å². The Bertz CT molecular complexity index is 1300. The van der Waals surface area contributed by atoms with Gasteiger partial charge in [-0.2, -0.15) is 4.98 Å². The number of H-pyrrole nitrogens is 1. The van der Waals surface area contributed by atoms with E-state index in [4.69, 9.17) is 4.74 Å². The number of nitrogens with one attached hydrogen (secondary N) is 1. The van der Waals surface area contributed by atoms with Crippen LogP contribution in [-0.2, 0) is 0 Å². The van der Waals surface area contributed by atoms with Crippen LogP contribution in [-0.4, -0.2) is 54.2 Å². The number of hydrogen-bond donors (Lipinski definition) is 1. The molecule has 0 spiro atoms. The number of anilines is 1. The minimum absolute atomic E-state index is 0.171. The fourth-order valence-electron chi connectivity index (χ4n) is 4.27. The fourth-order valence-corrected chi connectivity index (χ4v) is 4.27. The summed E-state index contributed by atoms with van der Waals surface area (Å²) >= 11 is 0. The summed E-state index contributed by atoms with van der Waals surface area (Å²) in [5.41, 5.74) is 1.47. The molecule has 4 aromatic rings. The van der Waals surface area contributed by atoms with Crippen molar-refractivity contribution in [2.24, 2.45) is 0 Å². The maximum absolute atomic E-state index is 13.8. The minimum atomic E-state index is -0.198. The standard InChI is InChI=1S/C25H25FN4O2/c26-20-8-5-18-3-1-4-22(21(18)17-20)30-14-12-29(13-15-30)11-2-16-32-24-10-7-19-6-9-23(31)27-25(19)28-24/h1,3-10,17H,2,11-16H2,(H,27,28,31). The third-order valence-electron chi connectivity index (χ3n) is 5.96. The predicted octanol–water partition coefficient (Wildman–Crippen LogP) is 3.81. The van der Waals surface area contributed by atoms with Crippen molar-refractivity contribution in [3.8, 4) is 5.88 Å². The predicted molar refractivity (Wildman–Crippen MR) is 125 cm³/mol. The van der Waals surface area contributed by atoms with E-state index in [1.807, 2.05) is 30.3 Å². The number of nitrogens with zero attached hydrogens (tertiary/aromatic N) is 3. The summed E-state index contributed by atoms with van der Waals surface area (Å²) in [6.45, 7) is 5.26. The second-order valence-corrected chi connectivity index (χ2v) is 8.08. The Hall–Kier alpha value is -3.45. The molecule has 0 bridgehead atoms. The van der Waals surface area contributed by atoms with Gasteiger partial charge in [0, 0.05) is 61.3 Å². The Kier molecular flexibility index (Phi) is 5.73. The van der Waals surface area contributed by atoms with Crippen molar-refractivity contribution in [2.75, 3.05) is 44.2 Å². The molecule has 6 nitrogen and oxygen atoms in total. The van der Waals surface area contributed by atoms with E-state index in [0.717, 1.165) is 61.0 Å². The maximum Gasteiger partial charge on any atom is 0.249 e. The highest BCUT2D eigenvalue weighted by Gasteiger charge is 2.18. The van der Waals surface area contributed by atoms with Gasteiger partial charge in [-0.25, -0.2) is 4.39 Å². The van der Waals surface area contributed by atoms with Crippen LogP contribution < -0.4 is 15.2 Å². The Labute approximate surface area is 185 Å². The summed E-state index contributed by atoms with van der Waals surface area (Å²) in [7, 11) is 0. The van der Waals surface area contributed by atoms with Gasteiger partial charge >= 0.3 is 0 Å². The van der Waals surface area contributed by atoms with E-state index >= 15 is 0 Å². The highest BCUT2D eigenvalue weighted by Crippen LogP contribution is 2.28. The van der Waals surface area contributed by atoms with Crippen molar-refractivity contribution in [1.29, 1.82) is 0 Å². The van der Waals surface area contributed by atoms with Gasteiger partial charge < -0.3 is 14.6 Å². The lowest BCUT2D eigenvalue weighted by Gasteiger charge is -2.36. The van der Waals surface area contributed by atoms with Crippen molar-refractivity contribution in [3.63, 3.8) is 0 Å². The van der Waals surface area contributed by atoms with Crippen LogP contribution in [0.4, 0.5) is 10.1 Å². The zero-order chi connectivity index (χ0) is 21.9. The normalized spacial score (nSPS) is 14.8. The summed E-state index contributed by atoms with van der Waals surface area (Å²) < 4.78 is 19.6. The van der Waals surface area contributed by atoms with Gasteiger partial charge in [-0.05, 0) is 42.1 Å². The first kappa shape index (κ1) is 20.5. The van der Waals surface area contributed by atoms with Crippen molar-refractivity contribution in [2.45, 2.75) is 6.42 Å². The topological polar surface area (TPSA) is 61.5 Å². The smallest absolute Gasteiger partial charge is 0.249 e. The number of aromatic nitrogens is 2. The van der Waals surface area contributed by atoms with Crippen LogP contribution in [0.3, 0.4) is 0 Å². The van der Waals surface area contributed by atoms with Crippen LogP contribution in [0.2, 0.25) is 0 Å². The third-order valence-corrected chi connectivity index (χ3v) is 5.96. The van der Waals surface area contributed by atoms with Crippen LogP contribution >= 0.6 is 0 Å². The van der Waals surface area contributed by atoms with Crippen LogP contribution in [0.5, 0.6) is 5.88 Å². The molecule has 164 valence electrons. The van der Waals surface area contributed by atoms with Gasteiger partial charge in [0.1, 0.15) is 11.5 Å². The van der Waals surface area contributed by atoms with Crippen LogP contribution in [0.25, 0.3) is 21.8 Å². The van der Waals surface area contributed by atoms with Gasteiger partial charge in [-0.1, -0.05) is 18.2 Å². The number of halogens is 1. The molecule has 0 amide bonds. The fraction of sp³-hybridized carbons (Fsp3) is 0.280. The average molecular weight is 432 g/mol. The molecule has 0 radical (unpaired) electrons. The van der Waals surface area contributed by atoms with E-state index in [1.54, 1.807) is 12.1 Å². The molecule has 3 heterocycles. The van der Waals surface area contributed by atoms with Gasteiger partial charge in [0.15, 0.2) is 0 Å². The van der Waals surface area contributed by atoms with E-state index in [1.165, 1.54) is 12.1 Å². The number of pyridine rings is 2. The van der Waals surface area contributed by atoms with Crippen LogP contribution in [0, 0.1) is 5.82 Å². The SMILES string of the molecule is O=c1ccc2ccc(OCCCN3CCN(c4cccc5ccc(F)cc45)CC3)nc2[nH]1. The number of benzene rings is 2. The molecule has 1 N–H and O–H groups in total. The van der Waals surface area contributed by atoms with Gasteiger partial charge in [0.05, 0.1) is 6.61 Å². The molecule has 1 saturated heterocycles. The molecular weight excluding hydrogens is 407 g/mol. The summed E-state index contributed by atoms with van der Waals surface area (Å²) in [5, 5.41) is 2.91. The second-order valence-electron chi connectivity index (χ2n) is 8.08. The van der Waals surface area contributed by atoms with E-state index in [9.17, 15) is 9.18 Å². The quantitative estimate of drug-likeness (QED) is 0.470. The molecule has 1 aliphatic heterocycles. The number of rotatable bonds is 6. The molecule has 0 saturated carbocycles. The van der Waals surface area contributed by atoms with Gasteiger partial charge in [-0.15, -0.1) is 0 Å². The molecule has 1 fully saturated rings. The summed E-state index contributed by atoms with van der Waals surface area (Å²) in [6, 6.07) is 18.1. The zero-order valence-electron chi connectivity index (χ0n) is 17.8. The van der Waals surface area contributed by atoms with Crippen molar-refractivity contribution < 1.29 is 9.13 Å². The number of hydrogen-bond acceptors (Lipinski definition) is 5. The van der Waals surface area contributed by atoms with Gasteiger partial charge in [0.25, 0.3) is 0 Å². The third kappa shape index (κ3) is 4.43. The lowest BCUT2D eigenvalue weighted by Crippen LogP contribution is -2.46. The Morgan fingerprint density at radius 2 is 1.78 bits per heavy atom. The molecule has 5 rings (SSSR count). The van der Waals surface area contributed by atoms with E-state index in [2.05, 4.69) is 25.8 Å². The molecule has 32 heavy (non-hydrogen) atoms. The Morgan fingerprint density at radius 1 is 0.969 bits per heavy atom. The summed E-state index contributed by atoms with van der Waals surface area (Å²) in [6.07, 6.45) is 0.893. The lowest BCUT2D eigenvalue weighted by molar-refractivity contribution is 0.222. The van der Waals surface area contributed by atoms with E-state index in [-0.39, 0.29) is 11.4 Å². The summed E-state index contributed by atoms with van der Waals surface area (Å²) in [5.74, 6) is 0.322. The van der Waals surface area contributed by atoms with Crippen molar-refractivity contribution in [1.82, 2.24) is 14.9 Å². The molecular formula is C25H25FN4O2. The Morgan fingerprint density at radius 3 is 2.66 bits per heavy atom. The molecule has 2 aromatic heterocycles. The number of aromatic amines is 1. The number of fused-ring (bicyclic) bond motifs is 2. The van der Waals surface area contributed by atoms with Crippen LogP contribution in [0.1, 0.15) is 6.42 Å².